The fourth-order valence-corrected chi connectivity index (χ4v) is 2.75. The van der Waals surface area contributed by atoms with Gasteiger partial charge in [-0.2, -0.15) is 0 Å². The fraction of sp³-hybridized carbons (Fsp3) is 0.500. The standard InChI is InChI=1S/C16H20ClFN2O2/c1-2-4-15(21)19-7-3-8-20(10-9-19)16(22)13-11-12(17)5-6-14(13)18/h5-6,11H,2-4,7-10H2,1H3. The minimum Gasteiger partial charge on any atom is -0.341 e. The Morgan fingerprint density at radius 3 is 2.59 bits per heavy atom. The Balaban J connectivity index is 2.06. The number of halogens is 2. The van der Waals surface area contributed by atoms with Crippen LogP contribution in [0.4, 0.5) is 4.39 Å². The summed E-state index contributed by atoms with van der Waals surface area (Å²) in [5.41, 5.74) is -0.0131. The van der Waals surface area contributed by atoms with Crippen molar-refractivity contribution in [1.29, 1.82) is 0 Å². The van der Waals surface area contributed by atoms with Gasteiger partial charge in [-0.25, -0.2) is 4.39 Å². The summed E-state index contributed by atoms with van der Waals surface area (Å²) < 4.78 is 13.8. The van der Waals surface area contributed by atoms with Crippen LogP contribution in [0, 0.1) is 5.82 Å². The summed E-state index contributed by atoms with van der Waals surface area (Å²) in [6.07, 6.45) is 2.03. The molecule has 0 saturated carbocycles. The van der Waals surface area contributed by atoms with Gasteiger partial charge in [0.2, 0.25) is 5.91 Å². The second-order valence-electron chi connectivity index (χ2n) is 5.40. The molecule has 0 spiro atoms. The largest absolute Gasteiger partial charge is 0.341 e. The van der Waals surface area contributed by atoms with Crippen molar-refractivity contribution in [1.82, 2.24) is 9.80 Å². The second kappa shape index (κ2) is 7.58. The zero-order valence-electron chi connectivity index (χ0n) is 12.6. The SMILES string of the molecule is CCCC(=O)N1CCCN(C(=O)c2cc(Cl)ccc2F)CC1. The zero-order valence-corrected chi connectivity index (χ0v) is 13.4. The lowest BCUT2D eigenvalue weighted by atomic mass is 10.2. The van der Waals surface area contributed by atoms with Crippen molar-refractivity contribution in [3.63, 3.8) is 0 Å². The van der Waals surface area contributed by atoms with E-state index in [0.717, 1.165) is 6.42 Å². The van der Waals surface area contributed by atoms with Crippen molar-refractivity contribution in [3.8, 4) is 0 Å². The summed E-state index contributed by atoms with van der Waals surface area (Å²) in [7, 11) is 0. The van der Waals surface area contributed by atoms with Crippen molar-refractivity contribution in [3.05, 3.63) is 34.6 Å². The molecule has 4 nitrogen and oxygen atoms in total. The maximum atomic E-state index is 13.8. The van der Waals surface area contributed by atoms with Crippen LogP contribution in [0.1, 0.15) is 36.5 Å². The molecule has 2 amide bonds. The summed E-state index contributed by atoms with van der Waals surface area (Å²) in [6, 6.07) is 3.97. The Morgan fingerprint density at radius 1 is 1.18 bits per heavy atom. The number of carbonyl (C=O) groups excluding carboxylic acids is 2. The molecule has 1 aliphatic rings. The molecule has 1 aromatic carbocycles. The first-order chi connectivity index (χ1) is 10.5. The van der Waals surface area contributed by atoms with Crippen LogP contribution < -0.4 is 0 Å². The first kappa shape index (κ1) is 16.7. The summed E-state index contributed by atoms with van der Waals surface area (Å²) in [5, 5.41) is 0.333. The Labute approximate surface area is 134 Å². The van der Waals surface area contributed by atoms with Crippen LogP contribution in [-0.4, -0.2) is 47.8 Å². The smallest absolute Gasteiger partial charge is 0.256 e. The van der Waals surface area contributed by atoms with E-state index in [9.17, 15) is 14.0 Å². The van der Waals surface area contributed by atoms with Crippen molar-refractivity contribution < 1.29 is 14.0 Å². The van der Waals surface area contributed by atoms with Crippen molar-refractivity contribution >= 4 is 23.4 Å². The average Bonchev–Trinajstić information content (AvgIpc) is 2.75. The Hall–Kier alpha value is -1.62. The molecule has 6 heteroatoms. The van der Waals surface area contributed by atoms with Gasteiger partial charge in [-0.1, -0.05) is 18.5 Å². The molecule has 1 aromatic rings. The Kier molecular flexibility index (Phi) is 5.77. The van der Waals surface area contributed by atoms with Crippen LogP contribution in [-0.2, 0) is 4.79 Å². The predicted octanol–water partition coefficient (Wildman–Crippen LogP) is 2.95. The molecule has 0 bridgehead atoms. The lowest BCUT2D eigenvalue weighted by Gasteiger charge is -2.22. The molecule has 0 atom stereocenters. The van der Waals surface area contributed by atoms with E-state index in [0.29, 0.717) is 44.0 Å². The van der Waals surface area contributed by atoms with E-state index >= 15 is 0 Å². The van der Waals surface area contributed by atoms with Gasteiger partial charge >= 0.3 is 0 Å². The quantitative estimate of drug-likeness (QED) is 0.857. The van der Waals surface area contributed by atoms with Gasteiger partial charge in [0.1, 0.15) is 5.82 Å². The fourth-order valence-electron chi connectivity index (χ4n) is 2.57. The van der Waals surface area contributed by atoms with Crippen LogP contribution in [0.2, 0.25) is 5.02 Å². The van der Waals surface area contributed by atoms with E-state index in [1.807, 2.05) is 6.92 Å². The molecule has 0 unspecified atom stereocenters. The number of benzene rings is 1. The molecule has 0 radical (unpaired) electrons. The van der Waals surface area contributed by atoms with E-state index in [-0.39, 0.29) is 17.4 Å². The van der Waals surface area contributed by atoms with E-state index < -0.39 is 5.82 Å². The Morgan fingerprint density at radius 2 is 1.86 bits per heavy atom. The van der Waals surface area contributed by atoms with Gasteiger partial charge in [0.15, 0.2) is 0 Å². The van der Waals surface area contributed by atoms with Gasteiger partial charge < -0.3 is 9.80 Å². The molecule has 1 aliphatic heterocycles. The highest BCUT2D eigenvalue weighted by molar-refractivity contribution is 6.31. The van der Waals surface area contributed by atoms with E-state index in [4.69, 9.17) is 11.6 Å². The number of hydrogen-bond acceptors (Lipinski definition) is 2. The normalized spacial score (nSPS) is 15.6. The van der Waals surface area contributed by atoms with E-state index in [1.54, 1.807) is 9.80 Å². The molecular weight excluding hydrogens is 307 g/mol. The average molecular weight is 327 g/mol. The second-order valence-corrected chi connectivity index (χ2v) is 5.84. The number of hydrogen-bond donors (Lipinski definition) is 0. The topological polar surface area (TPSA) is 40.6 Å². The van der Waals surface area contributed by atoms with Gasteiger partial charge in [0.05, 0.1) is 5.56 Å². The molecule has 1 saturated heterocycles. The summed E-state index contributed by atoms with van der Waals surface area (Å²) in [4.78, 5) is 27.8. The number of rotatable bonds is 3. The third kappa shape index (κ3) is 3.97. The molecule has 1 heterocycles. The summed E-state index contributed by atoms with van der Waals surface area (Å²) in [6.45, 7) is 4.03. The van der Waals surface area contributed by atoms with Gasteiger partial charge in [-0.3, -0.25) is 9.59 Å². The van der Waals surface area contributed by atoms with Gasteiger partial charge in [0, 0.05) is 37.6 Å². The van der Waals surface area contributed by atoms with Crippen LogP contribution in [0.5, 0.6) is 0 Å². The van der Waals surface area contributed by atoms with E-state index in [2.05, 4.69) is 0 Å². The minimum atomic E-state index is -0.572. The molecule has 0 aliphatic carbocycles. The maximum absolute atomic E-state index is 13.8. The van der Waals surface area contributed by atoms with Crippen molar-refractivity contribution in [2.75, 3.05) is 26.2 Å². The van der Waals surface area contributed by atoms with Gasteiger partial charge in [-0.05, 0) is 31.0 Å². The molecule has 1 fully saturated rings. The molecule has 120 valence electrons. The third-order valence-electron chi connectivity index (χ3n) is 3.76. The third-order valence-corrected chi connectivity index (χ3v) is 3.99. The number of nitrogens with zero attached hydrogens (tertiary/aromatic N) is 2. The number of amides is 2. The highest BCUT2D eigenvalue weighted by Gasteiger charge is 2.24. The van der Waals surface area contributed by atoms with Gasteiger partial charge in [0.25, 0.3) is 5.91 Å². The first-order valence-electron chi connectivity index (χ1n) is 7.55. The van der Waals surface area contributed by atoms with Crippen molar-refractivity contribution in [2.24, 2.45) is 0 Å². The number of carbonyl (C=O) groups is 2. The highest BCUT2D eigenvalue weighted by Crippen LogP contribution is 2.18. The predicted molar refractivity (Wildman–Crippen MR) is 83.4 cm³/mol. The summed E-state index contributed by atoms with van der Waals surface area (Å²) in [5.74, 6) is -0.826. The lowest BCUT2D eigenvalue weighted by molar-refractivity contribution is -0.131. The minimum absolute atomic E-state index is 0.0131. The van der Waals surface area contributed by atoms with E-state index in [1.165, 1.54) is 18.2 Å². The molecule has 22 heavy (non-hydrogen) atoms. The van der Waals surface area contributed by atoms with Crippen LogP contribution in [0.3, 0.4) is 0 Å². The monoisotopic (exact) mass is 326 g/mol. The zero-order chi connectivity index (χ0) is 16.1. The highest BCUT2D eigenvalue weighted by atomic mass is 35.5. The molecule has 0 N–H and O–H groups in total. The summed E-state index contributed by atoms with van der Waals surface area (Å²) >= 11 is 5.84. The van der Waals surface area contributed by atoms with Crippen LogP contribution in [0.15, 0.2) is 18.2 Å². The lowest BCUT2D eigenvalue weighted by Crippen LogP contribution is -2.37. The van der Waals surface area contributed by atoms with Crippen LogP contribution >= 0.6 is 11.6 Å². The molecular formula is C16H20ClFN2O2. The van der Waals surface area contributed by atoms with Gasteiger partial charge in [-0.15, -0.1) is 0 Å². The maximum Gasteiger partial charge on any atom is 0.256 e. The molecule has 0 aromatic heterocycles. The van der Waals surface area contributed by atoms with Crippen molar-refractivity contribution in [2.45, 2.75) is 26.2 Å². The Bertz CT molecular complexity index is 565. The van der Waals surface area contributed by atoms with Crippen LogP contribution in [0.25, 0.3) is 0 Å². The first-order valence-corrected chi connectivity index (χ1v) is 7.92. The molecule has 2 rings (SSSR count).